The first-order valence-corrected chi connectivity index (χ1v) is 9.05. The molecule has 0 aliphatic carbocycles. The number of amides is 1. The van der Waals surface area contributed by atoms with Gasteiger partial charge in [0.05, 0.1) is 30.8 Å². The van der Waals surface area contributed by atoms with E-state index >= 15 is 0 Å². The number of nitrogens with one attached hydrogen (secondary N) is 2. The Morgan fingerprint density at radius 3 is 2.79 bits per heavy atom. The molecule has 4 aromatic rings. The molecule has 2 heterocycles. The summed E-state index contributed by atoms with van der Waals surface area (Å²) in [6.07, 6.45) is 5.88. The molecule has 2 N–H and O–H groups in total. The van der Waals surface area contributed by atoms with E-state index in [0.717, 1.165) is 34.2 Å². The van der Waals surface area contributed by atoms with Gasteiger partial charge in [0.15, 0.2) is 0 Å². The number of aryl methyl sites for hydroxylation is 1. The lowest BCUT2D eigenvalue weighted by atomic mass is 10.1. The number of nitrogens with zero attached hydrogens (tertiary/aromatic N) is 3. The summed E-state index contributed by atoms with van der Waals surface area (Å²) in [4.78, 5) is 17.5. The topological polar surface area (TPSA) is 84.8 Å². The Morgan fingerprint density at radius 2 is 2.00 bits per heavy atom. The van der Waals surface area contributed by atoms with Crippen molar-refractivity contribution in [2.45, 2.75) is 13.3 Å². The van der Waals surface area contributed by atoms with E-state index in [0.29, 0.717) is 17.8 Å². The summed E-state index contributed by atoms with van der Waals surface area (Å²) in [6.45, 7) is 2.48. The van der Waals surface area contributed by atoms with Crippen molar-refractivity contribution in [3.8, 4) is 11.4 Å². The van der Waals surface area contributed by atoms with Crippen molar-refractivity contribution in [3.05, 3.63) is 71.7 Å². The number of hydrogen-bond donors (Lipinski definition) is 2. The predicted octanol–water partition coefficient (Wildman–Crippen LogP) is 3.04. The molecule has 0 radical (unpaired) electrons. The summed E-state index contributed by atoms with van der Waals surface area (Å²) in [5, 5.41) is 12.4. The summed E-state index contributed by atoms with van der Waals surface area (Å²) in [5.41, 5.74) is 4.39. The molecule has 0 saturated carbocycles. The number of benzene rings is 2. The first-order valence-electron chi connectivity index (χ1n) is 9.05. The molecule has 2 aromatic heterocycles. The number of aromatic nitrogens is 4. The minimum Gasteiger partial charge on any atom is -0.497 e. The highest BCUT2D eigenvalue weighted by Gasteiger charge is 2.14. The smallest absolute Gasteiger partial charge is 0.253 e. The van der Waals surface area contributed by atoms with Gasteiger partial charge in [-0.25, -0.2) is 0 Å². The number of carbonyl (C=O) groups is 1. The molecule has 0 spiro atoms. The van der Waals surface area contributed by atoms with E-state index in [1.807, 2.05) is 49.5 Å². The van der Waals surface area contributed by atoms with E-state index in [9.17, 15) is 4.79 Å². The van der Waals surface area contributed by atoms with Crippen LogP contribution in [-0.4, -0.2) is 39.5 Å². The van der Waals surface area contributed by atoms with Crippen molar-refractivity contribution in [1.82, 2.24) is 25.3 Å². The SMILES string of the molecule is COc1ccc2c(CCNC(=O)c3cc(C)ccc3-n3nccn3)c[nH]c2c1. The molecular formula is C21H21N5O2. The zero-order valence-corrected chi connectivity index (χ0v) is 15.8. The number of ether oxygens (including phenoxy) is 1. The predicted molar refractivity (Wildman–Crippen MR) is 107 cm³/mol. The van der Waals surface area contributed by atoms with Gasteiger partial charge in [-0.3, -0.25) is 4.79 Å². The summed E-state index contributed by atoms with van der Waals surface area (Å²) >= 11 is 0. The van der Waals surface area contributed by atoms with Crippen LogP contribution in [0.2, 0.25) is 0 Å². The van der Waals surface area contributed by atoms with Crippen LogP contribution < -0.4 is 10.1 Å². The summed E-state index contributed by atoms with van der Waals surface area (Å²) < 4.78 is 5.26. The number of aromatic amines is 1. The molecule has 0 aliphatic rings. The monoisotopic (exact) mass is 375 g/mol. The van der Waals surface area contributed by atoms with Gasteiger partial charge in [-0.05, 0) is 43.2 Å². The van der Waals surface area contributed by atoms with Crippen LogP contribution in [-0.2, 0) is 6.42 Å². The van der Waals surface area contributed by atoms with E-state index in [2.05, 4.69) is 20.5 Å². The van der Waals surface area contributed by atoms with E-state index in [1.165, 1.54) is 4.80 Å². The molecule has 0 fully saturated rings. The Labute approximate surface area is 162 Å². The van der Waals surface area contributed by atoms with Gasteiger partial charge in [-0.15, -0.1) is 0 Å². The standard InChI is InChI=1S/C21H21N5O2/c1-14-3-6-20(26-24-9-10-25-26)18(11-14)21(27)22-8-7-15-13-23-19-12-16(28-2)4-5-17(15)19/h3-6,9-13,23H,7-8H2,1-2H3,(H,22,27). The third-order valence-electron chi connectivity index (χ3n) is 4.69. The minimum atomic E-state index is -0.141. The van der Waals surface area contributed by atoms with Gasteiger partial charge in [-0.1, -0.05) is 11.6 Å². The number of hydrogen-bond acceptors (Lipinski definition) is 4. The largest absolute Gasteiger partial charge is 0.497 e. The van der Waals surface area contributed by atoms with Gasteiger partial charge in [0.1, 0.15) is 5.75 Å². The van der Waals surface area contributed by atoms with Gasteiger partial charge >= 0.3 is 0 Å². The van der Waals surface area contributed by atoms with Gasteiger partial charge in [0.25, 0.3) is 5.91 Å². The summed E-state index contributed by atoms with van der Waals surface area (Å²) in [5.74, 6) is 0.672. The Morgan fingerprint density at radius 1 is 1.18 bits per heavy atom. The molecule has 0 unspecified atom stereocenters. The molecule has 0 bridgehead atoms. The van der Waals surface area contributed by atoms with Crippen LogP contribution in [0.1, 0.15) is 21.5 Å². The first kappa shape index (κ1) is 17.8. The van der Waals surface area contributed by atoms with Crippen molar-refractivity contribution in [2.75, 3.05) is 13.7 Å². The summed E-state index contributed by atoms with van der Waals surface area (Å²) in [6, 6.07) is 11.6. The number of carbonyl (C=O) groups excluding carboxylic acids is 1. The Balaban J connectivity index is 1.48. The molecule has 7 nitrogen and oxygen atoms in total. The second kappa shape index (κ2) is 7.56. The van der Waals surface area contributed by atoms with Crippen LogP contribution in [0.25, 0.3) is 16.6 Å². The Hall–Kier alpha value is -3.61. The normalized spacial score (nSPS) is 10.9. The lowest BCUT2D eigenvalue weighted by Crippen LogP contribution is -2.27. The third-order valence-corrected chi connectivity index (χ3v) is 4.69. The average molecular weight is 375 g/mol. The average Bonchev–Trinajstić information content (AvgIpc) is 3.37. The quantitative estimate of drug-likeness (QED) is 0.542. The summed E-state index contributed by atoms with van der Waals surface area (Å²) in [7, 11) is 1.65. The molecule has 4 rings (SSSR count). The fraction of sp³-hybridized carbons (Fsp3) is 0.190. The van der Waals surface area contributed by atoms with Crippen molar-refractivity contribution >= 4 is 16.8 Å². The Kier molecular flexibility index (Phi) is 4.80. The maximum absolute atomic E-state index is 12.8. The molecule has 2 aromatic carbocycles. The molecule has 0 saturated heterocycles. The maximum atomic E-state index is 12.8. The molecule has 0 aliphatic heterocycles. The molecule has 28 heavy (non-hydrogen) atoms. The van der Waals surface area contributed by atoms with Crippen LogP contribution in [0.4, 0.5) is 0 Å². The maximum Gasteiger partial charge on any atom is 0.253 e. The number of methoxy groups -OCH3 is 1. The van der Waals surface area contributed by atoms with Crippen molar-refractivity contribution in [2.24, 2.45) is 0 Å². The number of H-pyrrole nitrogens is 1. The number of fused-ring (bicyclic) bond motifs is 1. The van der Waals surface area contributed by atoms with Gasteiger partial charge in [0, 0.05) is 29.7 Å². The van der Waals surface area contributed by atoms with Gasteiger partial charge in [-0.2, -0.15) is 15.0 Å². The highest BCUT2D eigenvalue weighted by molar-refractivity contribution is 5.98. The zero-order valence-electron chi connectivity index (χ0n) is 15.8. The van der Waals surface area contributed by atoms with E-state index < -0.39 is 0 Å². The van der Waals surface area contributed by atoms with Crippen molar-refractivity contribution < 1.29 is 9.53 Å². The van der Waals surface area contributed by atoms with E-state index in [-0.39, 0.29) is 5.91 Å². The van der Waals surface area contributed by atoms with Gasteiger partial charge < -0.3 is 15.0 Å². The minimum absolute atomic E-state index is 0.141. The first-order chi connectivity index (χ1) is 13.7. The van der Waals surface area contributed by atoms with Crippen LogP contribution in [0, 0.1) is 6.92 Å². The molecule has 0 atom stereocenters. The third kappa shape index (κ3) is 3.46. The second-order valence-corrected chi connectivity index (χ2v) is 6.57. The fourth-order valence-electron chi connectivity index (χ4n) is 3.25. The van der Waals surface area contributed by atoms with Crippen molar-refractivity contribution in [1.29, 1.82) is 0 Å². The van der Waals surface area contributed by atoms with E-state index in [1.54, 1.807) is 19.5 Å². The van der Waals surface area contributed by atoms with E-state index in [4.69, 9.17) is 4.74 Å². The lowest BCUT2D eigenvalue weighted by Gasteiger charge is -2.10. The molecule has 142 valence electrons. The highest BCUT2D eigenvalue weighted by atomic mass is 16.5. The lowest BCUT2D eigenvalue weighted by molar-refractivity contribution is 0.0953. The van der Waals surface area contributed by atoms with Crippen molar-refractivity contribution in [3.63, 3.8) is 0 Å². The number of rotatable bonds is 6. The Bertz CT molecular complexity index is 1120. The van der Waals surface area contributed by atoms with Crippen LogP contribution in [0.3, 0.4) is 0 Å². The van der Waals surface area contributed by atoms with Crippen LogP contribution in [0.15, 0.2) is 55.0 Å². The zero-order chi connectivity index (χ0) is 19.5. The van der Waals surface area contributed by atoms with Gasteiger partial charge in [0.2, 0.25) is 0 Å². The van der Waals surface area contributed by atoms with Crippen LogP contribution >= 0.6 is 0 Å². The van der Waals surface area contributed by atoms with Crippen LogP contribution in [0.5, 0.6) is 5.75 Å². The molecule has 1 amide bonds. The second-order valence-electron chi connectivity index (χ2n) is 6.57. The molecular weight excluding hydrogens is 354 g/mol. The fourth-order valence-corrected chi connectivity index (χ4v) is 3.25. The molecule has 7 heteroatoms. The highest BCUT2D eigenvalue weighted by Crippen LogP contribution is 2.23.